The summed E-state index contributed by atoms with van der Waals surface area (Å²) in [5, 5.41) is 2.86. The molecule has 0 aliphatic rings. The van der Waals surface area contributed by atoms with Crippen molar-refractivity contribution in [3.05, 3.63) is 58.9 Å². The molecule has 5 N–H and O–H groups in total. The summed E-state index contributed by atoms with van der Waals surface area (Å²) in [5.74, 6) is -1.32. The maximum Gasteiger partial charge on any atom is 0.419 e. The van der Waals surface area contributed by atoms with Gasteiger partial charge < -0.3 is 16.8 Å². The van der Waals surface area contributed by atoms with Crippen molar-refractivity contribution in [3.63, 3.8) is 0 Å². The molecule has 2 aromatic rings. The van der Waals surface area contributed by atoms with Crippen LogP contribution in [0.2, 0.25) is 0 Å². The van der Waals surface area contributed by atoms with E-state index in [1.54, 1.807) is 18.2 Å². The Morgan fingerprint density at radius 3 is 2.41 bits per heavy atom. The number of halogens is 4. The molecule has 0 amide bonds. The minimum Gasteiger partial charge on any atom is -0.398 e. The van der Waals surface area contributed by atoms with E-state index in [4.69, 9.17) is 11.5 Å². The molecule has 0 fully saturated rings. The van der Waals surface area contributed by atoms with E-state index in [-0.39, 0.29) is 18.8 Å². The van der Waals surface area contributed by atoms with Crippen LogP contribution < -0.4 is 16.8 Å². The van der Waals surface area contributed by atoms with Crippen molar-refractivity contribution < 1.29 is 17.6 Å². The molecule has 118 valence electrons. The first kappa shape index (κ1) is 16.1. The summed E-state index contributed by atoms with van der Waals surface area (Å²) in [7, 11) is 0. The molecule has 0 saturated carbocycles. The monoisotopic (exact) mass is 313 g/mol. The van der Waals surface area contributed by atoms with Gasteiger partial charge in [0.2, 0.25) is 0 Å². The number of rotatable bonds is 4. The first-order chi connectivity index (χ1) is 10.3. The van der Waals surface area contributed by atoms with E-state index in [1.165, 1.54) is 6.07 Å². The third kappa shape index (κ3) is 3.48. The number of nitrogens with one attached hydrogen (secondary N) is 1. The Morgan fingerprint density at radius 2 is 1.82 bits per heavy atom. The summed E-state index contributed by atoms with van der Waals surface area (Å²) in [6, 6.07) is 7.97. The van der Waals surface area contributed by atoms with Gasteiger partial charge >= 0.3 is 6.18 Å². The topological polar surface area (TPSA) is 64.1 Å². The fourth-order valence-electron chi connectivity index (χ4n) is 2.12. The molecule has 2 aromatic carbocycles. The Kier molecular flexibility index (Phi) is 4.56. The van der Waals surface area contributed by atoms with Gasteiger partial charge in [-0.3, -0.25) is 0 Å². The second-order valence-corrected chi connectivity index (χ2v) is 4.73. The zero-order valence-electron chi connectivity index (χ0n) is 11.5. The van der Waals surface area contributed by atoms with Gasteiger partial charge in [-0.2, -0.15) is 13.2 Å². The van der Waals surface area contributed by atoms with Crippen LogP contribution in [-0.2, 0) is 19.3 Å². The second-order valence-electron chi connectivity index (χ2n) is 4.73. The third-order valence-corrected chi connectivity index (χ3v) is 3.27. The van der Waals surface area contributed by atoms with Crippen LogP contribution in [0.25, 0.3) is 0 Å². The van der Waals surface area contributed by atoms with Crippen LogP contribution in [0.3, 0.4) is 0 Å². The van der Waals surface area contributed by atoms with Gasteiger partial charge in [-0.15, -0.1) is 0 Å². The molecular formula is C15H15F4N3. The van der Waals surface area contributed by atoms with Crippen molar-refractivity contribution in [3.8, 4) is 0 Å². The van der Waals surface area contributed by atoms with Gasteiger partial charge in [-0.05, 0) is 35.4 Å². The Morgan fingerprint density at radius 1 is 1.09 bits per heavy atom. The number of benzene rings is 2. The highest BCUT2D eigenvalue weighted by atomic mass is 19.4. The maximum atomic E-state index is 13.5. The van der Waals surface area contributed by atoms with E-state index in [1.807, 2.05) is 0 Å². The van der Waals surface area contributed by atoms with Gasteiger partial charge in [-0.1, -0.05) is 12.1 Å². The summed E-state index contributed by atoms with van der Waals surface area (Å²) >= 11 is 0. The molecule has 0 heterocycles. The van der Waals surface area contributed by atoms with Crippen LogP contribution in [0.5, 0.6) is 0 Å². The van der Waals surface area contributed by atoms with Crippen LogP contribution in [0.1, 0.15) is 16.7 Å². The van der Waals surface area contributed by atoms with Gasteiger partial charge in [0.15, 0.2) is 0 Å². The minimum atomic E-state index is -4.71. The Labute approximate surface area is 124 Å². The largest absolute Gasteiger partial charge is 0.419 e. The Balaban J connectivity index is 2.16. The number of hydrogen-bond donors (Lipinski definition) is 3. The molecular weight excluding hydrogens is 298 g/mol. The molecule has 0 aliphatic heterocycles. The van der Waals surface area contributed by atoms with E-state index in [0.717, 1.165) is 17.2 Å². The number of nitrogens with two attached hydrogens (primary N) is 2. The molecule has 0 unspecified atom stereocenters. The van der Waals surface area contributed by atoms with Crippen molar-refractivity contribution in [1.29, 1.82) is 0 Å². The lowest BCUT2D eigenvalue weighted by molar-refractivity contribution is -0.139. The molecule has 0 atom stereocenters. The summed E-state index contributed by atoms with van der Waals surface area (Å²) in [6.45, 7) is 0.521. The summed E-state index contributed by atoms with van der Waals surface area (Å²) in [6.07, 6.45) is -4.71. The van der Waals surface area contributed by atoms with Crippen molar-refractivity contribution >= 4 is 11.4 Å². The van der Waals surface area contributed by atoms with E-state index in [0.29, 0.717) is 11.8 Å². The van der Waals surface area contributed by atoms with Crippen LogP contribution in [0.4, 0.5) is 28.9 Å². The van der Waals surface area contributed by atoms with Crippen molar-refractivity contribution in [1.82, 2.24) is 0 Å². The first-order valence-corrected chi connectivity index (χ1v) is 6.50. The normalized spacial score (nSPS) is 11.5. The average molecular weight is 313 g/mol. The molecule has 0 spiro atoms. The molecule has 0 aliphatic carbocycles. The van der Waals surface area contributed by atoms with Gasteiger partial charge in [0.25, 0.3) is 0 Å². The van der Waals surface area contributed by atoms with Crippen molar-refractivity contribution in [2.45, 2.75) is 19.3 Å². The smallest absolute Gasteiger partial charge is 0.398 e. The lowest BCUT2D eigenvalue weighted by Gasteiger charge is -2.14. The van der Waals surface area contributed by atoms with E-state index in [9.17, 15) is 17.6 Å². The van der Waals surface area contributed by atoms with Gasteiger partial charge in [-0.25, -0.2) is 4.39 Å². The number of alkyl halides is 3. The fourth-order valence-corrected chi connectivity index (χ4v) is 2.12. The minimum absolute atomic E-state index is 0.241. The van der Waals surface area contributed by atoms with Crippen molar-refractivity contribution in [2.24, 2.45) is 5.73 Å². The third-order valence-electron chi connectivity index (χ3n) is 3.27. The lowest BCUT2D eigenvalue weighted by Crippen LogP contribution is -2.11. The summed E-state index contributed by atoms with van der Waals surface area (Å²) < 4.78 is 50.9. The summed E-state index contributed by atoms with van der Waals surface area (Å²) in [5.41, 5.74) is 12.5. The number of hydrogen-bond acceptors (Lipinski definition) is 3. The maximum absolute atomic E-state index is 13.5. The standard InChI is InChI=1S/C15H15F4N3/c16-13-6-10(4-5-12(13)15(17,18)19)22-8-9-2-1-3-14(21)11(9)7-20/h1-6,22H,7-8,20-21H2. The van der Waals surface area contributed by atoms with Gasteiger partial charge in [0.1, 0.15) is 5.82 Å². The fraction of sp³-hybridized carbons (Fsp3) is 0.200. The second kappa shape index (κ2) is 6.23. The first-order valence-electron chi connectivity index (χ1n) is 6.50. The van der Waals surface area contributed by atoms with Crippen LogP contribution >= 0.6 is 0 Å². The number of anilines is 2. The lowest BCUT2D eigenvalue weighted by atomic mass is 10.1. The van der Waals surface area contributed by atoms with E-state index in [2.05, 4.69) is 5.32 Å². The Bertz CT molecular complexity index is 668. The SMILES string of the molecule is NCc1c(N)cccc1CNc1ccc(C(F)(F)F)c(F)c1. The summed E-state index contributed by atoms with van der Waals surface area (Å²) in [4.78, 5) is 0. The van der Waals surface area contributed by atoms with E-state index < -0.39 is 17.6 Å². The predicted molar refractivity (Wildman–Crippen MR) is 77.5 cm³/mol. The molecule has 3 nitrogen and oxygen atoms in total. The van der Waals surface area contributed by atoms with E-state index >= 15 is 0 Å². The highest BCUT2D eigenvalue weighted by Gasteiger charge is 2.33. The zero-order chi connectivity index (χ0) is 16.3. The molecule has 22 heavy (non-hydrogen) atoms. The number of nitrogen functional groups attached to an aromatic ring is 1. The van der Waals surface area contributed by atoms with Gasteiger partial charge in [0.05, 0.1) is 5.56 Å². The van der Waals surface area contributed by atoms with Crippen LogP contribution in [-0.4, -0.2) is 0 Å². The van der Waals surface area contributed by atoms with Crippen LogP contribution in [0.15, 0.2) is 36.4 Å². The zero-order valence-corrected chi connectivity index (χ0v) is 11.5. The molecule has 7 heteroatoms. The van der Waals surface area contributed by atoms with Crippen molar-refractivity contribution in [2.75, 3.05) is 11.1 Å². The Hall–Kier alpha value is -2.28. The quantitative estimate of drug-likeness (QED) is 0.598. The highest BCUT2D eigenvalue weighted by Crippen LogP contribution is 2.32. The molecule has 0 bridgehead atoms. The van der Waals surface area contributed by atoms with Crippen LogP contribution in [0, 0.1) is 5.82 Å². The molecule has 0 radical (unpaired) electrons. The highest BCUT2D eigenvalue weighted by molar-refractivity contribution is 5.53. The average Bonchev–Trinajstić information content (AvgIpc) is 2.43. The van der Waals surface area contributed by atoms with Gasteiger partial charge in [0, 0.05) is 24.5 Å². The molecule has 0 aromatic heterocycles. The molecule has 0 saturated heterocycles. The predicted octanol–water partition coefficient (Wildman–Crippen LogP) is 3.50. The molecule has 2 rings (SSSR count).